The van der Waals surface area contributed by atoms with Crippen LogP contribution in [0.5, 0.6) is 0 Å². The van der Waals surface area contributed by atoms with E-state index in [1.807, 2.05) is 12.1 Å². The van der Waals surface area contributed by atoms with E-state index >= 15 is 0 Å². The lowest BCUT2D eigenvalue weighted by atomic mass is 9.88. The Hall–Kier alpha value is -2.50. The fraction of sp³-hybridized carbons (Fsp3) is 0.500. The van der Waals surface area contributed by atoms with Crippen molar-refractivity contribution >= 4 is 11.7 Å². The first-order chi connectivity index (χ1) is 15.1. The smallest absolute Gasteiger partial charge is 0.320 e. The zero-order valence-corrected chi connectivity index (χ0v) is 19.6. The third-order valence-corrected chi connectivity index (χ3v) is 5.23. The molecule has 0 spiro atoms. The number of hydrogen-bond donors (Lipinski definition) is 1. The Morgan fingerprint density at radius 1 is 0.875 bits per heavy atom. The van der Waals surface area contributed by atoms with Crippen LogP contribution in [-0.2, 0) is 13.0 Å². The van der Waals surface area contributed by atoms with Crippen LogP contribution in [0.25, 0.3) is 0 Å². The van der Waals surface area contributed by atoms with Crippen LogP contribution in [-0.4, -0.2) is 17.5 Å². The summed E-state index contributed by atoms with van der Waals surface area (Å²) in [6, 6.07) is 9.42. The van der Waals surface area contributed by atoms with Crippen molar-refractivity contribution in [1.82, 2.24) is 4.90 Å². The molecule has 0 saturated heterocycles. The molecule has 6 heteroatoms. The Bertz CT molecular complexity index is 876. The minimum atomic E-state index is -1.59. The van der Waals surface area contributed by atoms with E-state index in [1.54, 1.807) is 4.90 Å². The van der Waals surface area contributed by atoms with Gasteiger partial charge in [-0.3, -0.25) is 0 Å². The van der Waals surface area contributed by atoms with Gasteiger partial charge in [0.2, 0.25) is 0 Å². The minimum Gasteiger partial charge on any atom is -0.320 e. The van der Waals surface area contributed by atoms with E-state index in [0.717, 1.165) is 56.2 Å². The van der Waals surface area contributed by atoms with E-state index in [1.165, 1.54) is 5.56 Å². The summed E-state index contributed by atoms with van der Waals surface area (Å²) in [5.41, 5.74) is 1.99. The zero-order valence-electron chi connectivity index (χ0n) is 19.6. The molecule has 1 N–H and O–H groups in total. The maximum atomic E-state index is 14.0. The van der Waals surface area contributed by atoms with Crippen molar-refractivity contribution < 1.29 is 18.0 Å². The number of rotatable bonds is 10. The summed E-state index contributed by atoms with van der Waals surface area (Å²) in [6.07, 6.45) is 6.11. The summed E-state index contributed by atoms with van der Waals surface area (Å²) >= 11 is 0. The number of carbonyl (C=O) groups excluding carboxylic acids is 1. The number of anilines is 1. The first-order valence-corrected chi connectivity index (χ1v) is 11.4. The molecule has 0 aliphatic heterocycles. The third-order valence-electron chi connectivity index (χ3n) is 5.23. The molecular formula is C26H35F3N2O. The van der Waals surface area contributed by atoms with Gasteiger partial charge in [0.25, 0.3) is 0 Å². The number of nitrogens with zero attached hydrogens (tertiary/aromatic N) is 1. The average molecular weight is 449 g/mol. The fourth-order valence-electron chi connectivity index (χ4n) is 3.57. The van der Waals surface area contributed by atoms with E-state index < -0.39 is 23.5 Å². The molecular weight excluding hydrogens is 413 g/mol. The molecule has 0 aliphatic carbocycles. The summed E-state index contributed by atoms with van der Waals surface area (Å²) in [5.74, 6) is -4.28. The highest BCUT2D eigenvalue weighted by Crippen LogP contribution is 2.22. The number of amides is 2. The largest absolute Gasteiger partial charge is 0.322 e. The third kappa shape index (κ3) is 8.21. The van der Waals surface area contributed by atoms with Crippen LogP contribution in [0.15, 0.2) is 36.4 Å². The second kappa shape index (κ2) is 11.9. The first kappa shape index (κ1) is 25.8. The Kier molecular flexibility index (Phi) is 9.60. The maximum Gasteiger partial charge on any atom is 0.322 e. The van der Waals surface area contributed by atoms with Crippen LogP contribution in [0, 0.1) is 22.9 Å². The SMILES string of the molecule is CCCCCCCN(Cc1ccc(CC(C)(C)C)cc1)C(=O)Nc1ccc(F)c(F)c1F. The van der Waals surface area contributed by atoms with Gasteiger partial charge in [-0.05, 0) is 41.5 Å². The van der Waals surface area contributed by atoms with Crippen molar-refractivity contribution in [1.29, 1.82) is 0 Å². The van der Waals surface area contributed by atoms with E-state index in [2.05, 4.69) is 45.1 Å². The fourth-order valence-corrected chi connectivity index (χ4v) is 3.57. The van der Waals surface area contributed by atoms with Crippen molar-refractivity contribution in [3.05, 3.63) is 65.0 Å². The molecule has 2 amide bonds. The highest BCUT2D eigenvalue weighted by atomic mass is 19.2. The highest BCUT2D eigenvalue weighted by Gasteiger charge is 2.19. The first-order valence-electron chi connectivity index (χ1n) is 11.4. The number of benzene rings is 2. The molecule has 0 aromatic heterocycles. The lowest BCUT2D eigenvalue weighted by molar-refractivity contribution is 0.207. The predicted octanol–water partition coefficient (Wildman–Crippen LogP) is 7.70. The summed E-state index contributed by atoms with van der Waals surface area (Å²) in [7, 11) is 0. The number of urea groups is 1. The number of carbonyl (C=O) groups is 1. The molecule has 0 fully saturated rings. The quantitative estimate of drug-likeness (QED) is 0.293. The number of unbranched alkanes of at least 4 members (excludes halogenated alkanes) is 4. The van der Waals surface area contributed by atoms with Gasteiger partial charge in [0.15, 0.2) is 17.5 Å². The average Bonchev–Trinajstić information content (AvgIpc) is 2.73. The normalized spacial score (nSPS) is 11.5. The Labute approximate surface area is 190 Å². The van der Waals surface area contributed by atoms with Gasteiger partial charge < -0.3 is 10.2 Å². The lowest BCUT2D eigenvalue weighted by Gasteiger charge is -2.24. The molecule has 0 bridgehead atoms. The van der Waals surface area contributed by atoms with E-state index in [0.29, 0.717) is 13.1 Å². The highest BCUT2D eigenvalue weighted by molar-refractivity contribution is 5.89. The van der Waals surface area contributed by atoms with Gasteiger partial charge in [-0.1, -0.05) is 77.6 Å². The molecule has 176 valence electrons. The zero-order chi connectivity index (χ0) is 23.7. The van der Waals surface area contributed by atoms with Crippen molar-refractivity contribution in [2.24, 2.45) is 5.41 Å². The van der Waals surface area contributed by atoms with Crippen LogP contribution in [0.1, 0.15) is 70.9 Å². The van der Waals surface area contributed by atoms with Crippen molar-refractivity contribution in [2.45, 2.75) is 72.8 Å². The molecule has 2 rings (SSSR count). The van der Waals surface area contributed by atoms with Crippen LogP contribution in [0.4, 0.5) is 23.7 Å². The Morgan fingerprint density at radius 3 is 2.12 bits per heavy atom. The Balaban J connectivity index is 2.11. The molecule has 2 aromatic rings. The van der Waals surface area contributed by atoms with E-state index in [-0.39, 0.29) is 11.1 Å². The van der Waals surface area contributed by atoms with Crippen LogP contribution in [0.3, 0.4) is 0 Å². The summed E-state index contributed by atoms with van der Waals surface area (Å²) in [6.45, 7) is 9.53. The maximum absolute atomic E-state index is 14.0. The molecule has 0 radical (unpaired) electrons. The second-order valence-electron chi connectivity index (χ2n) is 9.54. The summed E-state index contributed by atoms with van der Waals surface area (Å²) < 4.78 is 40.8. The number of halogens is 3. The summed E-state index contributed by atoms with van der Waals surface area (Å²) in [4.78, 5) is 14.5. The van der Waals surface area contributed by atoms with Gasteiger partial charge in [0.05, 0.1) is 5.69 Å². The van der Waals surface area contributed by atoms with Crippen molar-refractivity contribution in [2.75, 3.05) is 11.9 Å². The molecule has 0 heterocycles. The molecule has 2 aromatic carbocycles. The predicted molar refractivity (Wildman–Crippen MR) is 124 cm³/mol. The monoisotopic (exact) mass is 448 g/mol. The van der Waals surface area contributed by atoms with Gasteiger partial charge in [-0.2, -0.15) is 0 Å². The van der Waals surface area contributed by atoms with Gasteiger partial charge in [-0.15, -0.1) is 0 Å². The Morgan fingerprint density at radius 2 is 1.50 bits per heavy atom. The molecule has 3 nitrogen and oxygen atoms in total. The number of nitrogens with one attached hydrogen (secondary N) is 1. The standard InChI is InChI=1S/C26H35F3N2O/c1-5-6-7-8-9-16-31(18-20-12-10-19(11-13-20)17-26(2,3)4)25(32)30-22-15-14-21(27)23(28)24(22)29/h10-15H,5-9,16-18H2,1-4H3,(H,30,32). The van der Waals surface area contributed by atoms with Gasteiger partial charge >= 0.3 is 6.03 Å². The second-order valence-corrected chi connectivity index (χ2v) is 9.54. The van der Waals surface area contributed by atoms with Crippen LogP contribution < -0.4 is 5.32 Å². The lowest BCUT2D eigenvalue weighted by Crippen LogP contribution is -2.35. The van der Waals surface area contributed by atoms with Crippen LogP contribution in [0.2, 0.25) is 0 Å². The van der Waals surface area contributed by atoms with Gasteiger partial charge in [0.1, 0.15) is 0 Å². The van der Waals surface area contributed by atoms with E-state index in [9.17, 15) is 18.0 Å². The number of hydrogen-bond acceptors (Lipinski definition) is 1. The van der Waals surface area contributed by atoms with Gasteiger partial charge in [-0.25, -0.2) is 18.0 Å². The molecule has 0 aliphatic rings. The van der Waals surface area contributed by atoms with Crippen molar-refractivity contribution in [3.63, 3.8) is 0 Å². The van der Waals surface area contributed by atoms with E-state index in [4.69, 9.17) is 0 Å². The molecule has 0 saturated carbocycles. The topological polar surface area (TPSA) is 32.3 Å². The van der Waals surface area contributed by atoms with Crippen LogP contribution >= 0.6 is 0 Å². The molecule has 0 unspecified atom stereocenters. The van der Waals surface area contributed by atoms with Gasteiger partial charge in [0, 0.05) is 13.1 Å². The molecule has 32 heavy (non-hydrogen) atoms. The van der Waals surface area contributed by atoms with Crippen molar-refractivity contribution in [3.8, 4) is 0 Å². The molecule has 0 atom stereocenters. The summed E-state index contributed by atoms with van der Waals surface area (Å²) in [5, 5.41) is 2.40. The minimum absolute atomic E-state index is 0.181.